The number of hydrogen-bond acceptors (Lipinski definition) is 8. The molecule has 0 aromatic heterocycles. The number of benzene rings is 1. The van der Waals surface area contributed by atoms with E-state index < -0.39 is 35.1 Å². The summed E-state index contributed by atoms with van der Waals surface area (Å²) in [7, 11) is 4.59. The molecule has 2 bridgehead atoms. The highest BCUT2D eigenvalue weighted by molar-refractivity contribution is 5.67. The van der Waals surface area contributed by atoms with Crippen molar-refractivity contribution in [2.75, 3.05) is 28.1 Å². The largest absolute Gasteiger partial charge is 0.499 e. The Morgan fingerprint density at radius 3 is 2.62 bits per heavy atom. The van der Waals surface area contributed by atoms with Gasteiger partial charge in [0, 0.05) is 25.4 Å². The summed E-state index contributed by atoms with van der Waals surface area (Å²) in [6.07, 6.45) is 2.21. The molecule has 0 amide bonds. The lowest BCUT2D eigenvalue weighted by molar-refractivity contribution is -0.201. The molecule has 1 aromatic rings. The highest BCUT2D eigenvalue weighted by Crippen LogP contribution is 2.66. The molecular formula is C24H30O8. The van der Waals surface area contributed by atoms with Gasteiger partial charge in [-0.3, -0.25) is 4.79 Å². The van der Waals surface area contributed by atoms with Crippen LogP contribution in [0.15, 0.2) is 36.6 Å². The van der Waals surface area contributed by atoms with Crippen LogP contribution >= 0.6 is 0 Å². The molecule has 1 aliphatic heterocycles. The Morgan fingerprint density at radius 2 is 2.03 bits per heavy atom. The van der Waals surface area contributed by atoms with Crippen LogP contribution < -0.4 is 14.2 Å². The Bertz CT molecular complexity index is 956. The van der Waals surface area contributed by atoms with Gasteiger partial charge in [0.15, 0.2) is 11.5 Å². The fraction of sp³-hybridized carbons (Fsp3) is 0.542. The van der Waals surface area contributed by atoms with Crippen molar-refractivity contribution >= 4 is 5.97 Å². The summed E-state index contributed by atoms with van der Waals surface area (Å²) >= 11 is 0. The van der Waals surface area contributed by atoms with Gasteiger partial charge in [0.25, 0.3) is 0 Å². The van der Waals surface area contributed by atoms with Crippen molar-refractivity contribution in [3.63, 3.8) is 0 Å². The molecule has 6 atom stereocenters. The van der Waals surface area contributed by atoms with E-state index in [-0.39, 0.29) is 12.7 Å². The quantitative estimate of drug-likeness (QED) is 0.505. The third-order valence-corrected chi connectivity index (χ3v) is 7.25. The minimum atomic E-state index is -1.31. The molecule has 1 aromatic carbocycles. The molecule has 0 radical (unpaired) electrons. The van der Waals surface area contributed by atoms with Crippen molar-refractivity contribution in [2.45, 2.75) is 44.0 Å². The van der Waals surface area contributed by atoms with E-state index >= 15 is 0 Å². The number of fused-ring (bicyclic) bond motifs is 3. The number of hydrogen-bond donors (Lipinski definition) is 1. The standard InChI is InChI=1S/C24H30O8/c1-7-8-23-11-18(28-5)21(26)24(29-6,22(23)32-14(3)25)19(13(23)2)15-9-16(27-4)20-17(10-15)30-12-31-20/h7,9-11,13,19,21-22,26H,1,8,12H2,2-6H3/t13-,19+,21-,22+,23+,24-/m1/s1. The minimum Gasteiger partial charge on any atom is -0.499 e. The minimum absolute atomic E-state index is 0.0965. The van der Waals surface area contributed by atoms with Crippen molar-refractivity contribution in [1.29, 1.82) is 0 Å². The third kappa shape index (κ3) is 2.85. The second kappa shape index (κ2) is 8.01. The summed E-state index contributed by atoms with van der Waals surface area (Å²) in [5, 5.41) is 11.5. The Labute approximate surface area is 187 Å². The molecule has 4 rings (SSSR count). The SMILES string of the molecule is C=CC[C@]12C=C(OC)[C@@H](O)[C@](OC)([C@H](c3cc(OC)c4c(c3)OCO4)[C@H]1C)[C@H]2OC(C)=O. The van der Waals surface area contributed by atoms with E-state index in [1.165, 1.54) is 21.1 Å². The second-order valence-corrected chi connectivity index (χ2v) is 8.53. The first-order valence-corrected chi connectivity index (χ1v) is 10.6. The lowest BCUT2D eigenvalue weighted by atomic mass is 9.69. The van der Waals surface area contributed by atoms with E-state index in [1.54, 1.807) is 13.2 Å². The first-order valence-electron chi connectivity index (χ1n) is 10.6. The number of rotatable bonds is 7. The van der Waals surface area contributed by atoms with Gasteiger partial charge >= 0.3 is 5.97 Å². The van der Waals surface area contributed by atoms with Crippen LogP contribution in [0.25, 0.3) is 0 Å². The summed E-state index contributed by atoms with van der Waals surface area (Å²) in [4.78, 5) is 12.2. The number of aliphatic hydroxyl groups is 1. The molecule has 8 nitrogen and oxygen atoms in total. The molecule has 1 N–H and O–H groups in total. The second-order valence-electron chi connectivity index (χ2n) is 8.53. The zero-order valence-corrected chi connectivity index (χ0v) is 19.0. The zero-order chi connectivity index (χ0) is 23.3. The predicted molar refractivity (Wildman–Crippen MR) is 115 cm³/mol. The molecule has 0 spiro atoms. The molecule has 174 valence electrons. The maximum absolute atomic E-state index is 12.2. The number of allylic oxidation sites excluding steroid dienone is 1. The normalized spacial score (nSPS) is 34.6. The monoisotopic (exact) mass is 446 g/mol. The molecule has 1 fully saturated rings. The van der Waals surface area contributed by atoms with Crippen molar-refractivity contribution in [2.24, 2.45) is 11.3 Å². The van der Waals surface area contributed by atoms with Crippen LogP contribution in [-0.4, -0.2) is 57.0 Å². The van der Waals surface area contributed by atoms with Gasteiger partial charge in [-0.2, -0.15) is 0 Å². The molecule has 3 aliphatic rings. The predicted octanol–water partition coefficient (Wildman–Crippen LogP) is 2.94. The van der Waals surface area contributed by atoms with Gasteiger partial charge in [0.2, 0.25) is 12.5 Å². The summed E-state index contributed by atoms with van der Waals surface area (Å²) in [6, 6.07) is 3.74. The summed E-state index contributed by atoms with van der Waals surface area (Å²) in [5.74, 6) is 0.976. The van der Waals surface area contributed by atoms with Gasteiger partial charge in [0.05, 0.1) is 14.2 Å². The molecule has 1 saturated carbocycles. The fourth-order valence-corrected chi connectivity index (χ4v) is 5.97. The number of carbonyl (C=O) groups excluding carboxylic acids is 1. The number of esters is 1. The van der Waals surface area contributed by atoms with Crippen LogP contribution in [-0.2, 0) is 19.0 Å². The Morgan fingerprint density at radius 1 is 1.28 bits per heavy atom. The van der Waals surface area contributed by atoms with Gasteiger partial charge in [-0.1, -0.05) is 13.0 Å². The van der Waals surface area contributed by atoms with Crippen LogP contribution in [0.3, 0.4) is 0 Å². The third-order valence-electron chi connectivity index (χ3n) is 7.25. The highest BCUT2D eigenvalue weighted by Gasteiger charge is 2.73. The molecule has 8 heteroatoms. The van der Waals surface area contributed by atoms with Gasteiger partial charge in [-0.15, -0.1) is 6.58 Å². The van der Waals surface area contributed by atoms with Gasteiger partial charge in [0.1, 0.15) is 23.6 Å². The summed E-state index contributed by atoms with van der Waals surface area (Å²) in [6.45, 7) is 7.45. The molecule has 0 unspecified atom stereocenters. The van der Waals surface area contributed by atoms with Crippen molar-refractivity contribution in [1.82, 2.24) is 0 Å². The van der Waals surface area contributed by atoms with Gasteiger partial charge in [-0.05, 0) is 36.1 Å². The Kier molecular flexibility index (Phi) is 5.63. The summed E-state index contributed by atoms with van der Waals surface area (Å²) < 4.78 is 34.4. The van der Waals surface area contributed by atoms with E-state index in [9.17, 15) is 9.90 Å². The first kappa shape index (κ1) is 22.5. The molecule has 32 heavy (non-hydrogen) atoms. The van der Waals surface area contributed by atoms with E-state index in [1.807, 2.05) is 18.2 Å². The maximum atomic E-state index is 12.2. The number of ether oxygens (including phenoxy) is 6. The molecule has 2 aliphatic carbocycles. The maximum Gasteiger partial charge on any atom is 0.303 e. The fourth-order valence-electron chi connectivity index (χ4n) is 5.97. The van der Waals surface area contributed by atoms with Crippen LogP contribution in [0.2, 0.25) is 0 Å². The van der Waals surface area contributed by atoms with Crippen molar-refractivity contribution < 1.29 is 38.3 Å². The van der Waals surface area contributed by atoms with Crippen LogP contribution in [0.4, 0.5) is 0 Å². The van der Waals surface area contributed by atoms with Crippen molar-refractivity contribution in [3.05, 3.63) is 42.2 Å². The van der Waals surface area contributed by atoms with E-state index in [2.05, 4.69) is 13.5 Å². The Hall–Kier alpha value is -2.71. The highest BCUT2D eigenvalue weighted by atomic mass is 16.7. The van der Waals surface area contributed by atoms with Gasteiger partial charge < -0.3 is 33.5 Å². The van der Waals surface area contributed by atoms with E-state index in [4.69, 9.17) is 28.4 Å². The van der Waals surface area contributed by atoms with E-state index in [0.29, 0.717) is 29.4 Å². The number of carbonyl (C=O) groups is 1. The lowest BCUT2D eigenvalue weighted by Crippen LogP contribution is -2.61. The Balaban J connectivity index is 1.99. The zero-order valence-electron chi connectivity index (χ0n) is 19.0. The first-order chi connectivity index (χ1) is 15.3. The molecular weight excluding hydrogens is 416 g/mol. The van der Waals surface area contributed by atoms with E-state index in [0.717, 1.165) is 5.56 Å². The van der Waals surface area contributed by atoms with Crippen LogP contribution in [0.5, 0.6) is 17.2 Å². The topological polar surface area (TPSA) is 92.7 Å². The average Bonchev–Trinajstić information content (AvgIpc) is 3.30. The number of aliphatic hydroxyl groups excluding tert-OH is 1. The molecule has 0 saturated heterocycles. The van der Waals surface area contributed by atoms with Crippen LogP contribution in [0, 0.1) is 11.3 Å². The summed E-state index contributed by atoms with van der Waals surface area (Å²) in [5.41, 5.74) is -1.21. The molecule has 1 heterocycles. The lowest BCUT2D eigenvalue weighted by Gasteiger charge is -2.47. The smallest absolute Gasteiger partial charge is 0.303 e. The van der Waals surface area contributed by atoms with Crippen molar-refractivity contribution in [3.8, 4) is 17.2 Å². The van der Waals surface area contributed by atoms with Gasteiger partial charge in [-0.25, -0.2) is 0 Å². The number of methoxy groups -OCH3 is 3. The average molecular weight is 446 g/mol. The van der Waals surface area contributed by atoms with Crippen LogP contribution in [0.1, 0.15) is 31.7 Å².